The maximum atomic E-state index is 4.50. The lowest BCUT2D eigenvalue weighted by molar-refractivity contribution is 0.152. The van der Waals surface area contributed by atoms with Crippen LogP contribution in [0.15, 0.2) is 35.3 Å². The first-order chi connectivity index (χ1) is 13.3. The van der Waals surface area contributed by atoms with Crippen molar-refractivity contribution in [2.45, 2.75) is 12.8 Å². The first-order valence-corrected chi connectivity index (χ1v) is 10.4. The molecule has 3 rings (SSSR count). The van der Waals surface area contributed by atoms with E-state index in [1.165, 1.54) is 51.3 Å². The second kappa shape index (κ2) is 10.5. The fraction of sp³-hybridized carbons (Fsp3) is 0.667. The van der Waals surface area contributed by atoms with Crippen molar-refractivity contribution >= 4 is 11.6 Å². The van der Waals surface area contributed by atoms with Crippen molar-refractivity contribution in [1.82, 2.24) is 20.0 Å². The summed E-state index contributed by atoms with van der Waals surface area (Å²) >= 11 is 0. The Morgan fingerprint density at radius 2 is 1.63 bits per heavy atom. The molecule has 1 aromatic rings. The minimum absolute atomic E-state index is 1.01. The summed E-state index contributed by atoms with van der Waals surface area (Å²) in [5, 5.41) is 3.57. The normalized spacial score (nSPS) is 20.1. The summed E-state index contributed by atoms with van der Waals surface area (Å²) in [5.41, 5.74) is 1.32. The van der Waals surface area contributed by atoms with E-state index in [4.69, 9.17) is 0 Å². The molecule has 150 valence electrons. The number of para-hydroxylation sites is 1. The Balaban J connectivity index is 1.31. The van der Waals surface area contributed by atoms with Crippen molar-refractivity contribution < 1.29 is 0 Å². The number of unbranched alkanes of at least 4 members (excludes halogenated alkanes) is 1. The number of hydrogen-bond donors (Lipinski definition) is 1. The van der Waals surface area contributed by atoms with Gasteiger partial charge < -0.3 is 24.9 Å². The number of aliphatic imine (C=N–C) groups is 1. The molecule has 0 aromatic heterocycles. The van der Waals surface area contributed by atoms with Crippen LogP contribution in [0, 0.1) is 0 Å². The zero-order valence-corrected chi connectivity index (χ0v) is 17.1. The highest BCUT2D eigenvalue weighted by Crippen LogP contribution is 2.15. The highest BCUT2D eigenvalue weighted by atomic mass is 15.3. The zero-order chi connectivity index (χ0) is 18.9. The largest absolute Gasteiger partial charge is 0.368 e. The van der Waals surface area contributed by atoms with Gasteiger partial charge in [-0.15, -0.1) is 0 Å². The summed E-state index contributed by atoms with van der Waals surface area (Å²) in [5.74, 6) is 1.06. The Bertz CT molecular complexity index is 559. The Kier molecular flexibility index (Phi) is 7.78. The maximum Gasteiger partial charge on any atom is 0.193 e. The summed E-state index contributed by atoms with van der Waals surface area (Å²) in [6.07, 6.45) is 2.46. The van der Waals surface area contributed by atoms with Gasteiger partial charge in [0, 0.05) is 71.6 Å². The molecule has 6 nitrogen and oxygen atoms in total. The first kappa shape index (κ1) is 20.0. The Labute approximate surface area is 164 Å². The molecule has 1 aromatic carbocycles. The molecule has 1 N–H and O–H groups in total. The number of likely N-dealkylation sites (N-methyl/N-ethyl adjacent to an activating group) is 1. The lowest BCUT2D eigenvalue weighted by Crippen LogP contribution is -2.52. The summed E-state index contributed by atoms with van der Waals surface area (Å²) in [7, 11) is 4.11. The third-order valence-corrected chi connectivity index (χ3v) is 5.69. The van der Waals surface area contributed by atoms with Crippen LogP contribution in [0.5, 0.6) is 0 Å². The molecule has 0 amide bonds. The number of rotatable bonds is 6. The summed E-state index contributed by atoms with van der Waals surface area (Å²) in [4.78, 5) is 14.4. The molecule has 6 heteroatoms. The topological polar surface area (TPSA) is 37.4 Å². The number of piperazine rings is 2. The van der Waals surface area contributed by atoms with Crippen molar-refractivity contribution in [2.24, 2.45) is 4.99 Å². The molecule has 0 atom stereocenters. The minimum Gasteiger partial charge on any atom is -0.368 e. The second-order valence-corrected chi connectivity index (χ2v) is 7.64. The maximum absolute atomic E-state index is 4.50. The predicted molar refractivity (Wildman–Crippen MR) is 115 cm³/mol. The Hall–Kier alpha value is -1.79. The van der Waals surface area contributed by atoms with E-state index in [9.17, 15) is 0 Å². The van der Waals surface area contributed by atoms with E-state index in [-0.39, 0.29) is 0 Å². The predicted octanol–water partition coefficient (Wildman–Crippen LogP) is 1.41. The van der Waals surface area contributed by atoms with Gasteiger partial charge in [-0.2, -0.15) is 0 Å². The van der Waals surface area contributed by atoms with Gasteiger partial charge in [-0.1, -0.05) is 18.2 Å². The lowest BCUT2D eigenvalue weighted by Gasteiger charge is -2.37. The summed E-state index contributed by atoms with van der Waals surface area (Å²) in [6.45, 7) is 11.2. The van der Waals surface area contributed by atoms with Crippen molar-refractivity contribution in [3.05, 3.63) is 30.3 Å². The number of anilines is 1. The average molecular weight is 373 g/mol. The van der Waals surface area contributed by atoms with E-state index in [0.29, 0.717) is 0 Å². The van der Waals surface area contributed by atoms with Crippen LogP contribution < -0.4 is 10.2 Å². The zero-order valence-electron chi connectivity index (χ0n) is 17.1. The summed E-state index contributed by atoms with van der Waals surface area (Å²) in [6, 6.07) is 10.7. The van der Waals surface area contributed by atoms with E-state index in [0.717, 1.165) is 38.7 Å². The number of hydrogen-bond acceptors (Lipinski definition) is 4. The standard InChI is InChI=1S/C21H36N6/c1-22-21(23-10-6-7-11-25-14-12-24(2)13-15-25)27-18-16-26(17-19-27)20-8-4-3-5-9-20/h3-5,8-9H,6-7,10-19H2,1-2H3,(H,22,23). The molecule has 27 heavy (non-hydrogen) atoms. The molecular formula is C21H36N6. The van der Waals surface area contributed by atoms with Crippen molar-refractivity contribution in [1.29, 1.82) is 0 Å². The van der Waals surface area contributed by atoms with E-state index in [1.54, 1.807) is 0 Å². The molecule has 2 fully saturated rings. The molecule has 0 bridgehead atoms. The van der Waals surface area contributed by atoms with E-state index >= 15 is 0 Å². The smallest absolute Gasteiger partial charge is 0.193 e. The minimum atomic E-state index is 1.01. The van der Waals surface area contributed by atoms with Gasteiger partial charge in [0.1, 0.15) is 0 Å². The molecule has 0 radical (unpaired) electrons. The summed E-state index contributed by atoms with van der Waals surface area (Å²) < 4.78 is 0. The molecular weight excluding hydrogens is 336 g/mol. The molecule has 0 unspecified atom stereocenters. The van der Waals surface area contributed by atoms with Crippen LogP contribution in [0.4, 0.5) is 5.69 Å². The second-order valence-electron chi connectivity index (χ2n) is 7.64. The van der Waals surface area contributed by atoms with Gasteiger partial charge >= 0.3 is 0 Å². The molecule has 2 heterocycles. The van der Waals surface area contributed by atoms with Crippen LogP contribution >= 0.6 is 0 Å². The monoisotopic (exact) mass is 372 g/mol. The highest BCUT2D eigenvalue weighted by molar-refractivity contribution is 5.80. The highest BCUT2D eigenvalue weighted by Gasteiger charge is 2.19. The van der Waals surface area contributed by atoms with Crippen molar-refractivity contribution in [2.75, 3.05) is 84.4 Å². The third-order valence-electron chi connectivity index (χ3n) is 5.69. The van der Waals surface area contributed by atoms with Gasteiger partial charge in [-0.25, -0.2) is 0 Å². The van der Waals surface area contributed by atoms with Crippen LogP contribution in [-0.4, -0.2) is 100 Å². The van der Waals surface area contributed by atoms with Gasteiger partial charge in [0.15, 0.2) is 5.96 Å². The van der Waals surface area contributed by atoms with Gasteiger partial charge in [0.05, 0.1) is 0 Å². The van der Waals surface area contributed by atoms with Gasteiger partial charge in [-0.3, -0.25) is 4.99 Å². The molecule has 2 saturated heterocycles. The van der Waals surface area contributed by atoms with E-state index in [2.05, 4.69) is 67.3 Å². The van der Waals surface area contributed by atoms with Crippen LogP contribution in [-0.2, 0) is 0 Å². The fourth-order valence-corrected chi connectivity index (χ4v) is 3.88. The lowest BCUT2D eigenvalue weighted by atomic mass is 10.2. The average Bonchev–Trinajstić information content (AvgIpc) is 2.73. The number of nitrogens with one attached hydrogen (secondary N) is 1. The third kappa shape index (κ3) is 6.11. The molecule has 2 aliphatic heterocycles. The van der Waals surface area contributed by atoms with E-state index < -0.39 is 0 Å². The van der Waals surface area contributed by atoms with Gasteiger partial charge in [-0.05, 0) is 38.6 Å². The molecule has 2 aliphatic rings. The quantitative estimate of drug-likeness (QED) is 0.464. The molecule has 0 aliphatic carbocycles. The van der Waals surface area contributed by atoms with Gasteiger partial charge in [0.25, 0.3) is 0 Å². The molecule has 0 spiro atoms. The first-order valence-electron chi connectivity index (χ1n) is 10.4. The van der Waals surface area contributed by atoms with Crippen LogP contribution in [0.3, 0.4) is 0 Å². The number of guanidine groups is 1. The number of benzene rings is 1. The van der Waals surface area contributed by atoms with E-state index in [1.807, 2.05) is 7.05 Å². The van der Waals surface area contributed by atoms with Gasteiger partial charge in [0.2, 0.25) is 0 Å². The molecule has 0 saturated carbocycles. The van der Waals surface area contributed by atoms with Crippen molar-refractivity contribution in [3.63, 3.8) is 0 Å². The van der Waals surface area contributed by atoms with Crippen molar-refractivity contribution in [3.8, 4) is 0 Å². The number of nitrogens with zero attached hydrogens (tertiary/aromatic N) is 5. The Morgan fingerprint density at radius 3 is 2.30 bits per heavy atom. The van der Waals surface area contributed by atoms with Crippen LogP contribution in [0.1, 0.15) is 12.8 Å². The van der Waals surface area contributed by atoms with Crippen LogP contribution in [0.2, 0.25) is 0 Å². The SMILES string of the molecule is CN=C(NCCCCN1CCN(C)CC1)N1CCN(c2ccccc2)CC1. The Morgan fingerprint density at radius 1 is 0.926 bits per heavy atom. The van der Waals surface area contributed by atoms with Crippen LogP contribution in [0.25, 0.3) is 0 Å². The fourth-order valence-electron chi connectivity index (χ4n) is 3.88.